The molecule has 2 aromatic rings. The molecule has 3 heteroatoms. The summed E-state index contributed by atoms with van der Waals surface area (Å²) in [4.78, 5) is 0. The normalized spacial score (nSPS) is 22.1. The molecule has 1 N–H and O–H groups in total. The molecule has 104 valence electrons. The van der Waals surface area contributed by atoms with Gasteiger partial charge in [0.15, 0.2) is 0 Å². The Morgan fingerprint density at radius 2 is 1.65 bits per heavy atom. The van der Waals surface area contributed by atoms with E-state index >= 15 is 0 Å². The molecule has 3 rings (SSSR count). The predicted molar refractivity (Wildman–Crippen MR) is 73.4 cm³/mol. The summed E-state index contributed by atoms with van der Waals surface area (Å²) in [5, 5.41) is 11.1. The molecule has 0 saturated heterocycles. The Bertz CT molecular complexity index is 618. The highest BCUT2D eigenvalue weighted by Crippen LogP contribution is 2.39. The second-order valence-electron chi connectivity index (χ2n) is 5.38. The zero-order valence-electron chi connectivity index (χ0n) is 11.1. The zero-order chi connectivity index (χ0) is 14.2. The Morgan fingerprint density at radius 1 is 0.950 bits per heavy atom. The van der Waals surface area contributed by atoms with Gasteiger partial charge in [0.25, 0.3) is 0 Å². The number of aryl methyl sites for hydroxylation is 1. The number of hydrogen-bond donors (Lipinski definition) is 1. The van der Waals surface area contributed by atoms with Crippen molar-refractivity contribution in [3.8, 4) is 0 Å². The van der Waals surface area contributed by atoms with Crippen LogP contribution in [0.2, 0.25) is 0 Å². The lowest BCUT2D eigenvalue weighted by molar-refractivity contribution is 0.0697. The average molecular weight is 274 g/mol. The summed E-state index contributed by atoms with van der Waals surface area (Å²) in [6.45, 7) is 0. The van der Waals surface area contributed by atoms with Crippen molar-refractivity contribution in [3.63, 3.8) is 0 Å². The number of benzene rings is 2. The molecule has 1 nitrogen and oxygen atoms in total. The molecule has 1 atom stereocenters. The van der Waals surface area contributed by atoms with Crippen molar-refractivity contribution in [2.45, 2.75) is 31.3 Å². The highest BCUT2D eigenvalue weighted by molar-refractivity contribution is 5.42. The monoisotopic (exact) mass is 274 g/mol. The van der Waals surface area contributed by atoms with Crippen molar-refractivity contribution in [1.82, 2.24) is 0 Å². The first kappa shape index (κ1) is 13.3. The quantitative estimate of drug-likeness (QED) is 0.781. The summed E-state index contributed by atoms with van der Waals surface area (Å²) in [6.07, 6.45) is 3.16. The van der Waals surface area contributed by atoms with Gasteiger partial charge in [-0.25, -0.2) is 8.78 Å². The molecule has 1 aliphatic carbocycles. The lowest BCUT2D eigenvalue weighted by Crippen LogP contribution is -2.28. The summed E-state index contributed by atoms with van der Waals surface area (Å²) in [5.74, 6) is -1.31. The fourth-order valence-electron chi connectivity index (χ4n) is 3.07. The van der Waals surface area contributed by atoms with Crippen LogP contribution in [-0.4, -0.2) is 5.11 Å². The molecule has 2 aromatic carbocycles. The van der Waals surface area contributed by atoms with Crippen LogP contribution in [0, 0.1) is 11.6 Å². The van der Waals surface area contributed by atoms with Crippen molar-refractivity contribution in [2.24, 2.45) is 0 Å². The molecule has 0 bridgehead atoms. The van der Waals surface area contributed by atoms with E-state index in [1.165, 1.54) is 12.1 Å². The number of aliphatic hydroxyl groups is 1. The molecule has 0 aliphatic heterocycles. The van der Waals surface area contributed by atoms with E-state index in [1.807, 2.05) is 24.3 Å². The van der Waals surface area contributed by atoms with Crippen LogP contribution in [0.25, 0.3) is 0 Å². The number of hydrogen-bond acceptors (Lipinski definition) is 1. The van der Waals surface area contributed by atoms with Gasteiger partial charge in [0.05, 0.1) is 0 Å². The van der Waals surface area contributed by atoms with E-state index in [0.29, 0.717) is 12.0 Å². The van der Waals surface area contributed by atoms with E-state index in [0.717, 1.165) is 36.5 Å². The topological polar surface area (TPSA) is 20.2 Å². The standard InChI is InChI=1S/C17H16F2O/c18-14-9-13(10-15(19)11-14)17(20)8-4-3-6-12-5-1-2-7-16(12)17/h1-2,5,7,9-11,20H,3-4,6,8H2. The molecule has 1 aliphatic rings. The van der Waals surface area contributed by atoms with Crippen molar-refractivity contribution in [3.05, 3.63) is 70.8 Å². The summed E-state index contributed by atoms with van der Waals surface area (Å²) in [7, 11) is 0. The molecular weight excluding hydrogens is 258 g/mol. The van der Waals surface area contributed by atoms with Crippen LogP contribution in [-0.2, 0) is 12.0 Å². The van der Waals surface area contributed by atoms with E-state index in [4.69, 9.17) is 0 Å². The summed E-state index contributed by atoms with van der Waals surface area (Å²) < 4.78 is 27.0. The first-order valence-electron chi connectivity index (χ1n) is 6.87. The van der Waals surface area contributed by atoms with Crippen LogP contribution in [0.5, 0.6) is 0 Å². The molecule has 0 radical (unpaired) electrons. The van der Waals surface area contributed by atoms with Gasteiger partial charge in [-0.15, -0.1) is 0 Å². The molecular formula is C17H16F2O. The van der Waals surface area contributed by atoms with Crippen molar-refractivity contribution >= 4 is 0 Å². The Balaban J connectivity index is 2.19. The van der Waals surface area contributed by atoms with Crippen LogP contribution in [0.15, 0.2) is 42.5 Å². The fraction of sp³-hybridized carbons (Fsp3) is 0.294. The Kier molecular flexibility index (Phi) is 3.30. The van der Waals surface area contributed by atoms with E-state index in [2.05, 4.69) is 0 Å². The van der Waals surface area contributed by atoms with Crippen LogP contribution >= 0.6 is 0 Å². The van der Waals surface area contributed by atoms with E-state index < -0.39 is 17.2 Å². The third-order valence-electron chi connectivity index (χ3n) is 4.04. The SMILES string of the molecule is OC1(c2cc(F)cc(F)c2)CCCCc2ccccc21. The zero-order valence-corrected chi connectivity index (χ0v) is 11.1. The maximum Gasteiger partial charge on any atom is 0.126 e. The van der Waals surface area contributed by atoms with Gasteiger partial charge in [-0.05, 0) is 54.5 Å². The molecule has 0 fully saturated rings. The summed E-state index contributed by atoms with van der Waals surface area (Å²) in [6, 6.07) is 10.9. The maximum atomic E-state index is 13.5. The average Bonchev–Trinajstić information content (AvgIpc) is 2.59. The van der Waals surface area contributed by atoms with Crippen LogP contribution in [0.4, 0.5) is 8.78 Å². The van der Waals surface area contributed by atoms with Crippen molar-refractivity contribution < 1.29 is 13.9 Å². The van der Waals surface area contributed by atoms with Crippen molar-refractivity contribution in [1.29, 1.82) is 0 Å². The summed E-state index contributed by atoms with van der Waals surface area (Å²) >= 11 is 0. The lowest BCUT2D eigenvalue weighted by Gasteiger charge is -2.29. The third kappa shape index (κ3) is 2.22. The van der Waals surface area contributed by atoms with Gasteiger partial charge in [0.1, 0.15) is 17.2 Å². The van der Waals surface area contributed by atoms with Gasteiger partial charge in [0, 0.05) is 6.07 Å². The Labute approximate surface area is 116 Å². The van der Waals surface area contributed by atoms with Crippen LogP contribution in [0.1, 0.15) is 36.0 Å². The minimum atomic E-state index is -1.31. The maximum absolute atomic E-state index is 13.5. The molecule has 0 spiro atoms. The van der Waals surface area contributed by atoms with Gasteiger partial charge >= 0.3 is 0 Å². The number of fused-ring (bicyclic) bond motifs is 1. The molecule has 1 unspecified atom stereocenters. The van der Waals surface area contributed by atoms with Crippen molar-refractivity contribution in [2.75, 3.05) is 0 Å². The largest absolute Gasteiger partial charge is 0.380 e. The third-order valence-corrected chi connectivity index (χ3v) is 4.04. The highest BCUT2D eigenvalue weighted by atomic mass is 19.1. The molecule has 0 saturated carbocycles. The second kappa shape index (κ2) is 4.98. The van der Waals surface area contributed by atoms with Gasteiger partial charge < -0.3 is 5.11 Å². The smallest absolute Gasteiger partial charge is 0.126 e. The second-order valence-corrected chi connectivity index (χ2v) is 5.38. The predicted octanol–water partition coefficient (Wildman–Crippen LogP) is 3.93. The molecule has 0 amide bonds. The summed E-state index contributed by atoms with van der Waals surface area (Å²) in [5.41, 5.74) is 0.805. The Morgan fingerprint density at radius 3 is 2.40 bits per heavy atom. The minimum absolute atomic E-state index is 0.296. The van der Waals surface area contributed by atoms with Gasteiger partial charge in [-0.1, -0.05) is 24.3 Å². The fourth-order valence-corrected chi connectivity index (χ4v) is 3.07. The van der Waals surface area contributed by atoms with E-state index in [-0.39, 0.29) is 0 Å². The van der Waals surface area contributed by atoms with Crippen LogP contribution < -0.4 is 0 Å². The first-order chi connectivity index (χ1) is 9.59. The number of halogens is 2. The molecule has 0 aromatic heterocycles. The lowest BCUT2D eigenvalue weighted by atomic mass is 9.82. The minimum Gasteiger partial charge on any atom is -0.380 e. The van der Waals surface area contributed by atoms with Crippen LogP contribution in [0.3, 0.4) is 0 Å². The number of rotatable bonds is 1. The Hall–Kier alpha value is -1.74. The van der Waals surface area contributed by atoms with E-state index in [9.17, 15) is 13.9 Å². The molecule has 20 heavy (non-hydrogen) atoms. The van der Waals surface area contributed by atoms with Gasteiger partial charge in [0.2, 0.25) is 0 Å². The van der Waals surface area contributed by atoms with E-state index in [1.54, 1.807) is 0 Å². The highest BCUT2D eigenvalue weighted by Gasteiger charge is 2.35. The van der Waals surface area contributed by atoms with Gasteiger partial charge in [-0.3, -0.25) is 0 Å². The molecule has 0 heterocycles. The first-order valence-corrected chi connectivity index (χ1v) is 6.87. The van der Waals surface area contributed by atoms with Gasteiger partial charge in [-0.2, -0.15) is 0 Å².